The van der Waals surface area contributed by atoms with Gasteiger partial charge in [0, 0.05) is 0 Å². The van der Waals surface area contributed by atoms with Crippen molar-refractivity contribution >= 4 is 0 Å². The van der Waals surface area contributed by atoms with Crippen LogP contribution < -0.4 is 0 Å². The van der Waals surface area contributed by atoms with Gasteiger partial charge in [0.15, 0.2) is 0 Å². The third-order valence-corrected chi connectivity index (χ3v) is 10.1. The molecule has 0 spiro atoms. The number of fused-ring (bicyclic) bond motifs is 5. The van der Waals surface area contributed by atoms with E-state index in [-0.39, 0.29) is 6.10 Å². The smallest absolute Gasteiger partial charge is 0.0543 e. The second kappa shape index (κ2) is 6.54. The largest absolute Gasteiger partial charge is 0.393 e. The van der Waals surface area contributed by atoms with Gasteiger partial charge < -0.3 is 5.11 Å². The van der Waals surface area contributed by atoms with Crippen LogP contribution in [0, 0.1) is 46.3 Å². The van der Waals surface area contributed by atoms with Gasteiger partial charge in [-0.3, -0.25) is 0 Å². The van der Waals surface area contributed by atoms with E-state index in [2.05, 4.69) is 27.7 Å². The molecule has 4 saturated carbocycles. The Morgan fingerprint density at radius 2 is 1.64 bits per heavy atom. The average Bonchev–Trinajstić information content (AvgIpc) is 2.93. The molecule has 25 heavy (non-hydrogen) atoms. The first kappa shape index (κ1) is 18.3. The van der Waals surface area contributed by atoms with Gasteiger partial charge in [-0.05, 0) is 104 Å². The molecule has 0 bridgehead atoms. The minimum absolute atomic E-state index is 0.00534. The van der Waals surface area contributed by atoms with Gasteiger partial charge in [-0.2, -0.15) is 0 Å². The van der Waals surface area contributed by atoms with Crippen LogP contribution >= 0.6 is 0 Å². The maximum Gasteiger partial charge on any atom is 0.0543 e. The van der Waals surface area contributed by atoms with E-state index in [4.69, 9.17) is 0 Å². The number of rotatable bonds is 3. The predicted octanol–water partition coefficient (Wildman–Crippen LogP) is 6.44. The molecule has 0 amide bonds. The lowest BCUT2D eigenvalue weighted by Crippen LogP contribution is -2.54. The Morgan fingerprint density at radius 1 is 0.920 bits per heavy atom. The van der Waals surface area contributed by atoms with E-state index < -0.39 is 0 Å². The van der Waals surface area contributed by atoms with Gasteiger partial charge in [0.1, 0.15) is 0 Å². The molecule has 0 aromatic rings. The van der Waals surface area contributed by atoms with Gasteiger partial charge in [0.05, 0.1) is 6.10 Å². The summed E-state index contributed by atoms with van der Waals surface area (Å²) in [5.41, 5.74) is 1.17. The van der Waals surface area contributed by atoms with Gasteiger partial charge in [0.2, 0.25) is 0 Å². The molecule has 1 N–H and O–H groups in total. The zero-order valence-corrected chi connectivity index (χ0v) is 17.3. The SMILES string of the molecule is CCC[C@@H](C)[C@H]1CCC2C3CC[C@@H]4C[C@H](O)CC[C@]4(C)C3CC[C@@]21C. The van der Waals surface area contributed by atoms with E-state index in [1.807, 2.05) is 0 Å². The van der Waals surface area contributed by atoms with E-state index in [0.29, 0.717) is 10.8 Å². The van der Waals surface area contributed by atoms with Crippen LogP contribution in [0.25, 0.3) is 0 Å². The Labute approximate surface area is 156 Å². The molecule has 4 fully saturated rings. The number of hydrogen-bond acceptors (Lipinski definition) is 1. The van der Waals surface area contributed by atoms with Gasteiger partial charge in [0.25, 0.3) is 0 Å². The summed E-state index contributed by atoms with van der Waals surface area (Å²) in [6.45, 7) is 10.2. The molecule has 0 aromatic carbocycles. The number of aliphatic hydroxyl groups excluding tert-OH is 1. The van der Waals surface area contributed by atoms with Crippen molar-refractivity contribution < 1.29 is 5.11 Å². The first-order valence-electron chi connectivity index (χ1n) is 11.6. The van der Waals surface area contributed by atoms with E-state index in [1.165, 1.54) is 57.8 Å². The molecule has 0 aliphatic heterocycles. The van der Waals surface area contributed by atoms with Crippen molar-refractivity contribution in [2.24, 2.45) is 46.3 Å². The highest BCUT2D eigenvalue weighted by Gasteiger charge is 2.60. The summed E-state index contributed by atoms with van der Waals surface area (Å²) in [6.07, 6.45) is 15.1. The van der Waals surface area contributed by atoms with Crippen molar-refractivity contribution in [2.75, 3.05) is 0 Å². The van der Waals surface area contributed by atoms with Crippen LogP contribution in [0.1, 0.15) is 98.3 Å². The highest BCUT2D eigenvalue weighted by molar-refractivity contribution is 5.09. The first-order valence-corrected chi connectivity index (χ1v) is 11.6. The van der Waals surface area contributed by atoms with Crippen molar-refractivity contribution in [3.63, 3.8) is 0 Å². The van der Waals surface area contributed by atoms with Crippen LogP contribution in [0.4, 0.5) is 0 Å². The normalized spacial score (nSPS) is 53.6. The Hall–Kier alpha value is -0.0400. The Bertz CT molecular complexity index is 486. The highest BCUT2D eigenvalue weighted by atomic mass is 16.3. The third-order valence-electron chi connectivity index (χ3n) is 10.1. The third kappa shape index (κ3) is 2.74. The van der Waals surface area contributed by atoms with Crippen LogP contribution in [-0.4, -0.2) is 11.2 Å². The summed E-state index contributed by atoms with van der Waals surface area (Å²) in [5, 5.41) is 10.2. The number of aliphatic hydroxyl groups is 1. The zero-order chi connectivity index (χ0) is 17.8. The van der Waals surface area contributed by atoms with Crippen molar-refractivity contribution in [2.45, 2.75) is 104 Å². The molecule has 4 rings (SSSR count). The van der Waals surface area contributed by atoms with Gasteiger partial charge in [-0.25, -0.2) is 0 Å². The maximum absolute atomic E-state index is 10.2. The number of hydrogen-bond donors (Lipinski definition) is 1. The summed E-state index contributed by atoms with van der Waals surface area (Å²) in [7, 11) is 0. The van der Waals surface area contributed by atoms with Crippen molar-refractivity contribution in [3.8, 4) is 0 Å². The molecule has 0 radical (unpaired) electrons. The summed E-state index contributed by atoms with van der Waals surface area (Å²) in [6, 6.07) is 0. The fourth-order valence-corrected chi connectivity index (χ4v) is 8.87. The molecule has 0 saturated heterocycles. The van der Waals surface area contributed by atoms with Crippen LogP contribution in [0.2, 0.25) is 0 Å². The molecular weight excluding hydrogens is 304 g/mol. The van der Waals surface area contributed by atoms with E-state index in [0.717, 1.165) is 48.3 Å². The molecule has 4 aliphatic carbocycles. The molecule has 0 aromatic heterocycles. The maximum atomic E-state index is 10.2. The van der Waals surface area contributed by atoms with Crippen molar-refractivity contribution in [3.05, 3.63) is 0 Å². The van der Waals surface area contributed by atoms with Crippen LogP contribution in [0.15, 0.2) is 0 Å². The molecule has 3 unspecified atom stereocenters. The minimum Gasteiger partial charge on any atom is -0.393 e. The molecule has 1 heteroatoms. The fourth-order valence-electron chi connectivity index (χ4n) is 8.87. The molecular formula is C24H42O. The van der Waals surface area contributed by atoms with Crippen LogP contribution in [0.5, 0.6) is 0 Å². The van der Waals surface area contributed by atoms with Crippen molar-refractivity contribution in [1.82, 2.24) is 0 Å². The quantitative estimate of drug-likeness (QED) is 0.623. The molecule has 1 nitrogen and oxygen atoms in total. The van der Waals surface area contributed by atoms with Crippen molar-refractivity contribution in [1.29, 1.82) is 0 Å². The lowest BCUT2D eigenvalue weighted by molar-refractivity contribution is -0.129. The molecule has 0 heterocycles. The Balaban J connectivity index is 1.56. The molecule has 4 aliphatic rings. The van der Waals surface area contributed by atoms with Gasteiger partial charge >= 0.3 is 0 Å². The summed E-state index contributed by atoms with van der Waals surface area (Å²) >= 11 is 0. The highest BCUT2D eigenvalue weighted by Crippen LogP contribution is 2.68. The topological polar surface area (TPSA) is 20.2 Å². The minimum atomic E-state index is -0.00534. The monoisotopic (exact) mass is 346 g/mol. The lowest BCUT2D eigenvalue weighted by Gasteiger charge is -2.61. The summed E-state index contributed by atoms with van der Waals surface area (Å²) in [4.78, 5) is 0. The summed E-state index contributed by atoms with van der Waals surface area (Å²) in [5.74, 6) is 5.66. The van der Waals surface area contributed by atoms with Gasteiger partial charge in [-0.15, -0.1) is 0 Å². The van der Waals surface area contributed by atoms with E-state index in [9.17, 15) is 5.11 Å². The second-order valence-electron chi connectivity index (χ2n) is 11.1. The lowest BCUT2D eigenvalue weighted by atomic mass is 9.44. The fraction of sp³-hybridized carbons (Fsp3) is 1.00. The predicted molar refractivity (Wildman–Crippen MR) is 105 cm³/mol. The Morgan fingerprint density at radius 3 is 2.40 bits per heavy atom. The second-order valence-corrected chi connectivity index (χ2v) is 11.1. The standard InChI is InChI=1S/C24H42O/c1-5-6-16(2)20-9-10-21-19-8-7-17-15-18(25)11-13-23(17,3)22(19)12-14-24(20,21)4/h16-22,25H,5-15H2,1-4H3/t16-,17-,18-,19?,20-,21?,22?,23+,24-/m1/s1. The van der Waals surface area contributed by atoms with Gasteiger partial charge in [-0.1, -0.05) is 40.5 Å². The Kier molecular flexibility index (Phi) is 4.79. The van der Waals surface area contributed by atoms with E-state index in [1.54, 1.807) is 0 Å². The first-order chi connectivity index (χ1) is 11.9. The van der Waals surface area contributed by atoms with E-state index >= 15 is 0 Å². The average molecular weight is 347 g/mol. The zero-order valence-electron chi connectivity index (χ0n) is 17.3. The van der Waals surface area contributed by atoms with Crippen LogP contribution in [-0.2, 0) is 0 Å². The molecule has 9 atom stereocenters. The van der Waals surface area contributed by atoms with Crippen LogP contribution in [0.3, 0.4) is 0 Å². The summed E-state index contributed by atoms with van der Waals surface area (Å²) < 4.78 is 0. The molecule has 144 valence electrons.